The van der Waals surface area contributed by atoms with Gasteiger partial charge in [0.2, 0.25) is 5.91 Å². The molecule has 0 saturated heterocycles. The molecule has 35 heavy (non-hydrogen) atoms. The minimum absolute atomic E-state index is 0.00475. The highest BCUT2D eigenvalue weighted by Gasteiger charge is 2.38. The number of anilines is 1. The first-order valence-electron chi connectivity index (χ1n) is 13.1. The molecule has 3 aliphatic carbocycles. The van der Waals surface area contributed by atoms with E-state index in [9.17, 15) is 14.7 Å². The number of nitrogens with zero attached hydrogens (tertiary/aromatic N) is 4. The summed E-state index contributed by atoms with van der Waals surface area (Å²) >= 11 is 1.34. The summed E-state index contributed by atoms with van der Waals surface area (Å²) in [6.07, 6.45) is 13.8. The van der Waals surface area contributed by atoms with Gasteiger partial charge in [0.15, 0.2) is 5.82 Å². The van der Waals surface area contributed by atoms with Crippen LogP contribution in [0, 0.1) is 11.8 Å². The van der Waals surface area contributed by atoms with Crippen LogP contribution < -0.4 is 4.90 Å². The number of carbonyl (C=O) groups is 2. The number of thiophene rings is 1. The fourth-order valence-electron chi connectivity index (χ4n) is 6.08. The number of amides is 1. The Hall–Kier alpha value is -2.55. The Morgan fingerprint density at radius 1 is 1.09 bits per heavy atom. The third-order valence-electron chi connectivity index (χ3n) is 8.19. The predicted molar refractivity (Wildman–Crippen MR) is 136 cm³/mol. The molecular weight excluding hydrogens is 462 g/mol. The van der Waals surface area contributed by atoms with Gasteiger partial charge in [-0.1, -0.05) is 13.0 Å². The van der Waals surface area contributed by atoms with Gasteiger partial charge in [0, 0.05) is 22.8 Å². The molecule has 2 aromatic rings. The van der Waals surface area contributed by atoms with Crippen molar-refractivity contribution in [3.05, 3.63) is 27.7 Å². The first-order valence-corrected chi connectivity index (χ1v) is 14.0. The Morgan fingerprint density at radius 3 is 2.49 bits per heavy atom. The van der Waals surface area contributed by atoms with Crippen molar-refractivity contribution in [2.75, 3.05) is 4.90 Å². The molecule has 1 amide bonds. The maximum atomic E-state index is 14.1. The van der Waals surface area contributed by atoms with E-state index >= 15 is 0 Å². The van der Waals surface area contributed by atoms with Crippen molar-refractivity contribution in [3.8, 4) is 0 Å². The van der Waals surface area contributed by atoms with Crippen LogP contribution in [0.25, 0.3) is 5.57 Å². The second kappa shape index (κ2) is 10.6. The van der Waals surface area contributed by atoms with Crippen molar-refractivity contribution in [2.45, 2.75) is 95.9 Å². The number of hydrogen-bond donors (Lipinski definition) is 2. The molecule has 2 fully saturated rings. The summed E-state index contributed by atoms with van der Waals surface area (Å²) < 4.78 is 0. The first-order chi connectivity index (χ1) is 17.0. The fraction of sp³-hybridized carbons (Fsp3) is 0.654. The molecule has 0 aliphatic heterocycles. The Kier molecular flexibility index (Phi) is 7.32. The minimum Gasteiger partial charge on any atom is -0.477 e. The predicted octanol–water partition coefficient (Wildman–Crippen LogP) is 5.80. The lowest BCUT2D eigenvalue weighted by Gasteiger charge is -2.39. The number of allylic oxidation sites excluding steroid dienone is 2. The molecule has 0 bridgehead atoms. The van der Waals surface area contributed by atoms with Crippen LogP contribution >= 0.6 is 11.3 Å². The van der Waals surface area contributed by atoms with E-state index < -0.39 is 5.97 Å². The fourth-order valence-corrected chi connectivity index (χ4v) is 7.14. The molecule has 0 aromatic carbocycles. The quantitative estimate of drug-likeness (QED) is 0.521. The summed E-state index contributed by atoms with van der Waals surface area (Å²) in [6.45, 7) is 2.25. The van der Waals surface area contributed by atoms with Crippen molar-refractivity contribution in [2.24, 2.45) is 11.8 Å². The second-order valence-electron chi connectivity index (χ2n) is 10.6. The lowest BCUT2D eigenvalue weighted by atomic mass is 9.80. The van der Waals surface area contributed by atoms with Gasteiger partial charge in [-0.25, -0.2) is 9.89 Å². The molecular formula is C26H35N5O3S. The van der Waals surface area contributed by atoms with Crippen molar-refractivity contribution in [1.82, 2.24) is 20.6 Å². The number of H-pyrrole nitrogens is 1. The standard InChI is InChI=1S/C26H35N5O3S/c1-16-7-9-19(10-8-16)25(32)31(20-13-11-18(12-14-20)24-27-29-30-28-24)21-15-22(35-23(21)26(33)34)17-5-3-2-4-6-17/h5,15-16,18-20H,2-4,6-14H2,1H3,(H,33,34)(H,27,28,29,30)/t16-,18-,19-,20-. The van der Waals surface area contributed by atoms with Crippen molar-refractivity contribution in [1.29, 1.82) is 0 Å². The van der Waals surface area contributed by atoms with Gasteiger partial charge in [-0.3, -0.25) is 4.79 Å². The topological polar surface area (TPSA) is 112 Å². The molecule has 8 nitrogen and oxygen atoms in total. The van der Waals surface area contributed by atoms with Gasteiger partial charge in [-0.05, 0) is 105 Å². The number of rotatable bonds is 6. The molecule has 3 aliphatic rings. The zero-order valence-electron chi connectivity index (χ0n) is 20.4. The zero-order chi connectivity index (χ0) is 24.4. The number of hydrogen-bond acceptors (Lipinski definition) is 6. The van der Waals surface area contributed by atoms with Crippen LogP contribution in [-0.4, -0.2) is 43.6 Å². The van der Waals surface area contributed by atoms with E-state index in [-0.39, 0.29) is 23.8 Å². The van der Waals surface area contributed by atoms with Gasteiger partial charge < -0.3 is 10.0 Å². The highest BCUT2D eigenvalue weighted by Crippen LogP contribution is 2.43. The monoisotopic (exact) mass is 497 g/mol. The molecule has 0 spiro atoms. The smallest absolute Gasteiger partial charge is 0.348 e. The normalized spacial score (nSPS) is 27.3. The third-order valence-corrected chi connectivity index (χ3v) is 9.37. The number of tetrazole rings is 1. The largest absolute Gasteiger partial charge is 0.477 e. The number of carbonyl (C=O) groups excluding carboxylic acids is 1. The Bertz CT molecular complexity index is 1060. The first kappa shape index (κ1) is 24.2. The Balaban J connectivity index is 1.46. The highest BCUT2D eigenvalue weighted by atomic mass is 32.1. The molecule has 2 heterocycles. The van der Waals surface area contributed by atoms with E-state index in [0.717, 1.165) is 81.3 Å². The summed E-state index contributed by atoms with van der Waals surface area (Å²) in [4.78, 5) is 29.7. The lowest BCUT2D eigenvalue weighted by Crippen LogP contribution is -2.46. The summed E-state index contributed by atoms with van der Waals surface area (Å²) in [6, 6.07) is 2.00. The van der Waals surface area contributed by atoms with E-state index in [0.29, 0.717) is 16.5 Å². The number of aromatic amines is 1. The molecule has 5 rings (SSSR count). The third kappa shape index (κ3) is 5.20. The highest BCUT2D eigenvalue weighted by molar-refractivity contribution is 7.15. The molecule has 0 radical (unpaired) electrons. The van der Waals surface area contributed by atoms with E-state index in [2.05, 4.69) is 33.6 Å². The summed E-state index contributed by atoms with van der Waals surface area (Å²) in [5.41, 5.74) is 1.84. The Morgan fingerprint density at radius 2 is 1.86 bits per heavy atom. The molecule has 0 unspecified atom stereocenters. The number of carboxylic acid groups (broad SMARTS) is 1. The van der Waals surface area contributed by atoms with Crippen molar-refractivity contribution < 1.29 is 14.7 Å². The Labute approximate surface area is 210 Å². The minimum atomic E-state index is -0.941. The van der Waals surface area contributed by atoms with E-state index in [4.69, 9.17) is 0 Å². The number of carboxylic acids is 1. The van der Waals surface area contributed by atoms with Gasteiger partial charge in [0.05, 0.1) is 5.69 Å². The van der Waals surface area contributed by atoms with Crippen LogP contribution in [-0.2, 0) is 4.79 Å². The molecule has 2 aromatic heterocycles. The van der Waals surface area contributed by atoms with Crippen LogP contribution in [0.2, 0.25) is 0 Å². The van der Waals surface area contributed by atoms with Crippen LogP contribution in [0.5, 0.6) is 0 Å². The zero-order valence-corrected chi connectivity index (χ0v) is 21.2. The summed E-state index contributed by atoms with van der Waals surface area (Å²) in [7, 11) is 0. The number of aromatic nitrogens is 4. The van der Waals surface area contributed by atoms with Crippen LogP contribution in [0.1, 0.15) is 110 Å². The van der Waals surface area contributed by atoms with E-state index in [1.165, 1.54) is 23.3 Å². The molecule has 0 atom stereocenters. The SMILES string of the molecule is C[C@H]1CC[C@H](C(=O)N(c2cc(C3=CCCCC3)sc2C(=O)O)[C@H]2CC[C@H](c3nnn[nH]3)CC2)CC1. The number of aromatic carboxylic acids is 1. The van der Waals surface area contributed by atoms with Crippen molar-refractivity contribution in [3.63, 3.8) is 0 Å². The molecule has 2 N–H and O–H groups in total. The maximum absolute atomic E-state index is 14.1. The average Bonchev–Trinajstić information content (AvgIpc) is 3.57. The van der Waals surface area contributed by atoms with Crippen LogP contribution in [0.3, 0.4) is 0 Å². The molecule has 9 heteroatoms. The van der Waals surface area contributed by atoms with Crippen LogP contribution in [0.4, 0.5) is 5.69 Å². The average molecular weight is 498 g/mol. The molecule has 2 saturated carbocycles. The maximum Gasteiger partial charge on any atom is 0.348 e. The van der Waals surface area contributed by atoms with Gasteiger partial charge >= 0.3 is 5.97 Å². The van der Waals surface area contributed by atoms with Crippen LogP contribution in [0.15, 0.2) is 12.1 Å². The van der Waals surface area contributed by atoms with Gasteiger partial charge in [0.25, 0.3) is 0 Å². The molecule has 188 valence electrons. The van der Waals surface area contributed by atoms with Gasteiger partial charge in [0.1, 0.15) is 4.88 Å². The van der Waals surface area contributed by atoms with E-state index in [1.807, 2.05) is 11.0 Å². The summed E-state index contributed by atoms with van der Waals surface area (Å²) in [5.74, 6) is 0.851. The number of nitrogens with one attached hydrogen (secondary N) is 1. The van der Waals surface area contributed by atoms with Gasteiger partial charge in [-0.2, -0.15) is 0 Å². The second-order valence-corrected chi connectivity index (χ2v) is 11.6. The lowest BCUT2D eigenvalue weighted by molar-refractivity contribution is -0.124. The van der Waals surface area contributed by atoms with Crippen molar-refractivity contribution >= 4 is 34.5 Å². The van der Waals surface area contributed by atoms with E-state index in [1.54, 1.807) is 0 Å². The van der Waals surface area contributed by atoms with Gasteiger partial charge in [-0.15, -0.1) is 16.4 Å². The summed E-state index contributed by atoms with van der Waals surface area (Å²) in [5, 5.41) is 24.6.